The fourth-order valence-electron chi connectivity index (χ4n) is 2.63. The van der Waals surface area contributed by atoms with Crippen molar-refractivity contribution in [1.82, 2.24) is 10.3 Å². The fourth-order valence-corrected chi connectivity index (χ4v) is 2.63. The molecule has 0 atom stereocenters. The second-order valence-corrected chi connectivity index (χ2v) is 6.26. The van der Waals surface area contributed by atoms with Gasteiger partial charge in [-0.2, -0.15) is 0 Å². The molecular formula is C22H23N3O. The van der Waals surface area contributed by atoms with Crippen LogP contribution in [0.3, 0.4) is 0 Å². The predicted molar refractivity (Wildman–Crippen MR) is 105 cm³/mol. The van der Waals surface area contributed by atoms with Crippen LogP contribution < -0.4 is 10.6 Å². The van der Waals surface area contributed by atoms with Gasteiger partial charge in [0.1, 0.15) is 5.82 Å². The molecule has 0 aliphatic rings. The lowest BCUT2D eigenvalue weighted by Gasteiger charge is -2.09. The van der Waals surface area contributed by atoms with Gasteiger partial charge in [0, 0.05) is 24.8 Å². The van der Waals surface area contributed by atoms with Gasteiger partial charge >= 0.3 is 0 Å². The molecule has 0 saturated heterocycles. The first-order valence-corrected chi connectivity index (χ1v) is 8.78. The number of hydrogen-bond acceptors (Lipinski definition) is 3. The molecule has 0 fully saturated rings. The lowest BCUT2D eigenvalue weighted by atomic mass is 10.1. The van der Waals surface area contributed by atoms with Crippen molar-refractivity contribution in [3.05, 3.63) is 95.2 Å². The highest BCUT2D eigenvalue weighted by atomic mass is 16.1. The molecule has 1 aromatic heterocycles. The number of nitrogens with one attached hydrogen (secondary N) is 2. The quantitative estimate of drug-likeness (QED) is 0.681. The number of carbonyl (C=O) groups excluding carboxylic acids is 1. The molecule has 0 saturated carbocycles. The van der Waals surface area contributed by atoms with Crippen LogP contribution in [0.4, 0.5) is 5.82 Å². The summed E-state index contributed by atoms with van der Waals surface area (Å²) in [7, 11) is 0. The number of pyridine rings is 1. The zero-order chi connectivity index (χ0) is 18.2. The van der Waals surface area contributed by atoms with Crippen molar-refractivity contribution in [3.8, 4) is 0 Å². The van der Waals surface area contributed by atoms with E-state index in [9.17, 15) is 4.79 Å². The zero-order valence-electron chi connectivity index (χ0n) is 14.9. The van der Waals surface area contributed by atoms with Gasteiger partial charge < -0.3 is 10.6 Å². The molecule has 0 radical (unpaired) electrons. The van der Waals surface area contributed by atoms with E-state index >= 15 is 0 Å². The van der Waals surface area contributed by atoms with Gasteiger partial charge in [0.15, 0.2) is 0 Å². The molecule has 0 aliphatic heterocycles. The molecule has 0 aliphatic carbocycles. The molecule has 2 N–H and O–H groups in total. The van der Waals surface area contributed by atoms with Crippen LogP contribution in [0.25, 0.3) is 0 Å². The molecule has 0 bridgehead atoms. The summed E-state index contributed by atoms with van der Waals surface area (Å²) >= 11 is 0. The molecule has 0 unspecified atom stereocenters. The van der Waals surface area contributed by atoms with Crippen LogP contribution in [0.2, 0.25) is 0 Å². The van der Waals surface area contributed by atoms with E-state index in [0.717, 1.165) is 6.42 Å². The topological polar surface area (TPSA) is 54.0 Å². The number of rotatable bonds is 7. The van der Waals surface area contributed by atoms with Gasteiger partial charge in [-0.1, -0.05) is 60.2 Å². The summed E-state index contributed by atoms with van der Waals surface area (Å²) in [6.07, 6.45) is 2.47. The van der Waals surface area contributed by atoms with E-state index in [1.165, 1.54) is 16.7 Å². The standard InChI is InChI=1S/C22H23N3O/c1-17-7-9-19(10-8-17)16-25-21-15-20(12-14-23-21)22(26)24-13-11-18-5-3-2-4-6-18/h2-10,12,14-15H,11,13,16H2,1H3,(H,23,25)(H,24,26). The van der Waals surface area contributed by atoms with Gasteiger partial charge in [0.25, 0.3) is 5.91 Å². The Morgan fingerprint density at radius 1 is 0.962 bits per heavy atom. The Morgan fingerprint density at radius 2 is 1.73 bits per heavy atom. The van der Waals surface area contributed by atoms with Crippen LogP contribution in [0.1, 0.15) is 27.0 Å². The first kappa shape index (κ1) is 17.7. The number of carbonyl (C=O) groups is 1. The molecule has 3 aromatic rings. The maximum atomic E-state index is 12.3. The van der Waals surface area contributed by atoms with E-state index in [1.54, 1.807) is 18.3 Å². The minimum Gasteiger partial charge on any atom is -0.366 e. The zero-order valence-corrected chi connectivity index (χ0v) is 14.9. The number of anilines is 1. The minimum absolute atomic E-state index is 0.0817. The summed E-state index contributed by atoms with van der Waals surface area (Å²) in [4.78, 5) is 16.6. The van der Waals surface area contributed by atoms with Crippen LogP contribution in [0.5, 0.6) is 0 Å². The lowest BCUT2D eigenvalue weighted by molar-refractivity contribution is 0.0954. The number of benzene rings is 2. The molecule has 2 aromatic carbocycles. The summed E-state index contributed by atoms with van der Waals surface area (Å²) in [5.74, 6) is 0.614. The number of aryl methyl sites for hydroxylation is 1. The Morgan fingerprint density at radius 3 is 2.50 bits per heavy atom. The molecule has 1 heterocycles. The SMILES string of the molecule is Cc1ccc(CNc2cc(C(=O)NCCc3ccccc3)ccn2)cc1. The minimum atomic E-state index is -0.0817. The van der Waals surface area contributed by atoms with Crippen molar-refractivity contribution in [2.45, 2.75) is 19.9 Å². The van der Waals surface area contributed by atoms with Crippen molar-refractivity contribution in [2.75, 3.05) is 11.9 Å². The number of amides is 1. The molecule has 132 valence electrons. The molecule has 26 heavy (non-hydrogen) atoms. The van der Waals surface area contributed by atoms with E-state index in [4.69, 9.17) is 0 Å². The van der Waals surface area contributed by atoms with E-state index in [-0.39, 0.29) is 5.91 Å². The van der Waals surface area contributed by atoms with Gasteiger partial charge in [0.05, 0.1) is 0 Å². The van der Waals surface area contributed by atoms with E-state index in [2.05, 4.69) is 58.9 Å². The molecule has 1 amide bonds. The number of hydrogen-bond donors (Lipinski definition) is 2. The fraction of sp³-hybridized carbons (Fsp3) is 0.182. The van der Waals surface area contributed by atoms with Crippen molar-refractivity contribution in [2.24, 2.45) is 0 Å². The highest BCUT2D eigenvalue weighted by molar-refractivity contribution is 5.94. The van der Waals surface area contributed by atoms with Gasteiger partial charge in [0.2, 0.25) is 0 Å². The Balaban J connectivity index is 1.52. The van der Waals surface area contributed by atoms with E-state index in [1.807, 2.05) is 18.2 Å². The van der Waals surface area contributed by atoms with Gasteiger partial charge in [-0.15, -0.1) is 0 Å². The highest BCUT2D eigenvalue weighted by Crippen LogP contribution is 2.10. The average Bonchev–Trinajstić information content (AvgIpc) is 2.68. The average molecular weight is 345 g/mol. The first-order valence-electron chi connectivity index (χ1n) is 8.78. The maximum absolute atomic E-state index is 12.3. The normalized spacial score (nSPS) is 10.3. The summed E-state index contributed by atoms with van der Waals surface area (Å²) < 4.78 is 0. The van der Waals surface area contributed by atoms with Crippen molar-refractivity contribution >= 4 is 11.7 Å². The smallest absolute Gasteiger partial charge is 0.251 e. The van der Waals surface area contributed by atoms with Crippen LogP contribution in [-0.2, 0) is 13.0 Å². The van der Waals surface area contributed by atoms with Crippen LogP contribution in [-0.4, -0.2) is 17.4 Å². The third-order valence-corrected chi connectivity index (χ3v) is 4.16. The number of aromatic nitrogens is 1. The molecule has 3 rings (SSSR count). The molecule has 4 nitrogen and oxygen atoms in total. The highest BCUT2D eigenvalue weighted by Gasteiger charge is 2.06. The lowest BCUT2D eigenvalue weighted by Crippen LogP contribution is -2.25. The summed E-state index contributed by atoms with van der Waals surface area (Å²) in [5.41, 5.74) is 4.23. The second-order valence-electron chi connectivity index (χ2n) is 6.26. The first-order chi connectivity index (χ1) is 12.7. The Kier molecular flexibility index (Phi) is 5.99. The summed E-state index contributed by atoms with van der Waals surface area (Å²) in [6, 6.07) is 22.0. The van der Waals surface area contributed by atoms with Crippen LogP contribution >= 0.6 is 0 Å². The Hall–Kier alpha value is -3.14. The van der Waals surface area contributed by atoms with Gasteiger partial charge in [-0.25, -0.2) is 4.98 Å². The van der Waals surface area contributed by atoms with Crippen LogP contribution in [0.15, 0.2) is 72.9 Å². The molecule has 0 spiro atoms. The van der Waals surface area contributed by atoms with Crippen molar-refractivity contribution < 1.29 is 4.79 Å². The Bertz CT molecular complexity index is 845. The third-order valence-electron chi connectivity index (χ3n) is 4.16. The molecular weight excluding hydrogens is 322 g/mol. The third kappa shape index (κ3) is 5.18. The van der Waals surface area contributed by atoms with E-state index < -0.39 is 0 Å². The van der Waals surface area contributed by atoms with Gasteiger partial charge in [-0.05, 0) is 36.6 Å². The largest absolute Gasteiger partial charge is 0.366 e. The monoisotopic (exact) mass is 345 g/mol. The van der Waals surface area contributed by atoms with E-state index in [0.29, 0.717) is 24.5 Å². The maximum Gasteiger partial charge on any atom is 0.251 e. The summed E-state index contributed by atoms with van der Waals surface area (Å²) in [5, 5.41) is 6.23. The van der Waals surface area contributed by atoms with Gasteiger partial charge in [-0.3, -0.25) is 4.79 Å². The van der Waals surface area contributed by atoms with Crippen LogP contribution in [0, 0.1) is 6.92 Å². The summed E-state index contributed by atoms with van der Waals surface area (Å²) in [6.45, 7) is 3.35. The Labute approximate surface area is 154 Å². The predicted octanol–water partition coefficient (Wildman–Crippen LogP) is 3.97. The second kappa shape index (κ2) is 8.81. The molecule has 4 heteroatoms. The van der Waals surface area contributed by atoms with Crippen molar-refractivity contribution in [3.63, 3.8) is 0 Å². The number of nitrogens with zero attached hydrogens (tertiary/aromatic N) is 1. The van der Waals surface area contributed by atoms with Crippen molar-refractivity contribution in [1.29, 1.82) is 0 Å².